The molecule has 0 fully saturated rings. The predicted octanol–water partition coefficient (Wildman–Crippen LogP) is 2.17. The molecule has 0 atom stereocenters. The van der Waals surface area contributed by atoms with Gasteiger partial charge in [-0.1, -0.05) is 11.6 Å². The molecule has 1 aromatic heterocycles. The number of ether oxygens (including phenoxy) is 1. The van der Waals surface area contributed by atoms with Crippen molar-refractivity contribution in [3.05, 3.63) is 22.5 Å². The summed E-state index contributed by atoms with van der Waals surface area (Å²) in [7, 11) is 1.23. The second-order valence-electron chi connectivity index (χ2n) is 2.47. The lowest BCUT2D eigenvalue weighted by molar-refractivity contribution is 0.146. The van der Waals surface area contributed by atoms with Crippen LogP contribution in [0.25, 0.3) is 0 Å². The molecule has 6 heteroatoms. The lowest BCUT2D eigenvalue weighted by Crippen LogP contribution is -2.01. The summed E-state index contributed by atoms with van der Waals surface area (Å²) in [6.45, 7) is -0.497. The van der Waals surface area contributed by atoms with Crippen LogP contribution in [0.15, 0.2) is 6.07 Å². The van der Waals surface area contributed by atoms with Crippen LogP contribution in [0.1, 0.15) is 17.7 Å². The largest absolute Gasteiger partial charge is 0.494 e. The zero-order valence-corrected chi connectivity index (χ0v) is 8.05. The summed E-state index contributed by atoms with van der Waals surface area (Å²) in [4.78, 5) is 3.66. The minimum atomic E-state index is -2.71. The van der Waals surface area contributed by atoms with Crippen LogP contribution in [-0.2, 0) is 6.61 Å². The number of aliphatic hydroxyl groups excluding tert-OH is 1. The number of nitrogens with zero attached hydrogens (tertiary/aromatic N) is 1. The van der Waals surface area contributed by atoms with Gasteiger partial charge < -0.3 is 9.84 Å². The highest BCUT2D eigenvalue weighted by Gasteiger charge is 2.19. The van der Waals surface area contributed by atoms with Crippen molar-refractivity contribution < 1.29 is 18.6 Å². The van der Waals surface area contributed by atoms with Crippen LogP contribution >= 0.6 is 11.6 Å². The zero-order chi connectivity index (χ0) is 10.7. The Kier molecular flexibility index (Phi) is 3.60. The molecule has 0 spiro atoms. The molecule has 0 amide bonds. The first-order chi connectivity index (χ1) is 6.60. The Balaban J connectivity index is 3.31. The molecule has 0 aromatic carbocycles. The van der Waals surface area contributed by atoms with Crippen LogP contribution in [0.2, 0.25) is 5.15 Å². The molecule has 0 saturated carbocycles. The third-order valence-electron chi connectivity index (χ3n) is 1.63. The molecule has 0 aliphatic heterocycles. The van der Waals surface area contributed by atoms with Crippen LogP contribution in [0.5, 0.6) is 5.75 Å². The fourth-order valence-corrected chi connectivity index (χ4v) is 1.30. The summed E-state index contributed by atoms with van der Waals surface area (Å²) in [5.41, 5.74) is -0.355. The van der Waals surface area contributed by atoms with Gasteiger partial charge in [-0.15, -0.1) is 0 Å². The quantitative estimate of drug-likeness (QED) is 0.799. The third-order valence-corrected chi connectivity index (χ3v) is 1.82. The van der Waals surface area contributed by atoms with Gasteiger partial charge in [0, 0.05) is 0 Å². The zero-order valence-electron chi connectivity index (χ0n) is 7.30. The number of hydrogen-bond acceptors (Lipinski definition) is 3. The number of alkyl halides is 2. The second kappa shape index (κ2) is 4.52. The van der Waals surface area contributed by atoms with Crippen LogP contribution in [-0.4, -0.2) is 17.2 Å². The van der Waals surface area contributed by atoms with Crippen molar-refractivity contribution in [3.63, 3.8) is 0 Å². The highest BCUT2D eigenvalue weighted by atomic mass is 35.5. The Bertz CT molecular complexity index is 333. The van der Waals surface area contributed by atoms with Crippen molar-refractivity contribution >= 4 is 11.6 Å². The number of aliphatic hydroxyl groups is 1. The van der Waals surface area contributed by atoms with E-state index in [-0.39, 0.29) is 22.2 Å². The van der Waals surface area contributed by atoms with Gasteiger partial charge in [-0.05, 0) is 6.07 Å². The van der Waals surface area contributed by atoms with E-state index in [1.807, 2.05) is 0 Å². The van der Waals surface area contributed by atoms with Gasteiger partial charge in [0.15, 0.2) is 5.75 Å². The maximum Gasteiger partial charge on any atom is 0.267 e. The summed E-state index contributed by atoms with van der Waals surface area (Å²) in [6, 6.07) is 1.02. The smallest absolute Gasteiger partial charge is 0.267 e. The molecular weight excluding hydrogens is 216 g/mol. The Morgan fingerprint density at radius 1 is 1.64 bits per heavy atom. The Labute approximate surface area is 84.3 Å². The topological polar surface area (TPSA) is 42.4 Å². The van der Waals surface area contributed by atoms with Crippen LogP contribution in [0, 0.1) is 0 Å². The number of aromatic nitrogens is 1. The lowest BCUT2D eigenvalue weighted by atomic mass is 10.2. The molecule has 0 bridgehead atoms. The van der Waals surface area contributed by atoms with E-state index < -0.39 is 13.0 Å². The predicted molar refractivity (Wildman–Crippen MR) is 46.7 cm³/mol. The fraction of sp³-hybridized carbons (Fsp3) is 0.375. The lowest BCUT2D eigenvalue weighted by Gasteiger charge is -2.11. The van der Waals surface area contributed by atoms with Gasteiger partial charge in [0.05, 0.1) is 19.3 Å². The molecule has 0 aliphatic carbocycles. The maximum absolute atomic E-state index is 12.5. The minimum Gasteiger partial charge on any atom is -0.494 e. The summed E-state index contributed by atoms with van der Waals surface area (Å²) < 4.78 is 29.6. The van der Waals surface area contributed by atoms with Crippen molar-refractivity contribution in [2.24, 2.45) is 0 Å². The number of hydrogen-bond donors (Lipinski definition) is 1. The molecule has 0 aliphatic rings. The van der Waals surface area contributed by atoms with Gasteiger partial charge in [0.25, 0.3) is 6.43 Å². The molecular formula is C8H8ClF2NO2. The average molecular weight is 224 g/mol. The molecule has 1 heterocycles. The van der Waals surface area contributed by atoms with Crippen molar-refractivity contribution in [3.8, 4) is 5.75 Å². The summed E-state index contributed by atoms with van der Waals surface area (Å²) in [5.74, 6) is -0.119. The van der Waals surface area contributed by atoms with Crippen LogP contribution in [0.4, 0.5) is 8.78 Å². The van der Waals surface area contributed by atoms with Crippen molar-refractivity contribution in [1.29, 1.82) is 0 Å². The van der Waals surface area contributed by atoms with Gasteiger partial charge in [-0.2, -0.15) is 0 Å². The summed E-state index contributed by atoms with van der Waals surface area (Å²) >= 11 is 5.49. The van der Waals surface area contributed by atoms with Gasteiger partial charge in [0.1, 0.15) is 10.8 Å². The van der Waals surface area contributed by atoms with Crippen LogP contribution < -0.4 is 4.74 Å². The summed E-state index contributed by atoms with van der Waals surface area (Å²) in [5, 5.41) is 8.74. The van der Waals surface area contributed by atoms with E-state index in [9.17, 15) is 8.78 Å². The average Bonchev–Trinajstić information content (AvgIpc) is 2.16. The molecule has 0 saturated heterocycles. The molecule has 1 N–H and O–H groups in total. The number of halogens is 3. The molecule has 14 heavy (non-hydrogen) atoms. The molecule has 78 valence electrons. The van der Waals surface area contributed by atoms with Crippen molar-refractivity contribution in [2.45, 2.75) is 13.0 Å². The molecule has 0 unspecified atom stereocenters. The fourth-order valence-electron chi connectivity index (χ4n) is 1.08. The minimum absolute atomic E-state index is 0.00954. The Hall–Kier alpha value is -0.940. The van der Waals surface area contributed by atoms with Gasteiger partial charge in [-0.3, -0.25) is 0 Å². The van der Waals surface area contributed by atoms with Gasteiger partial charge in [-0.25, -0.2) is 13.8 Å². The first kappa shape index (κ1) is 11.1. The monoisotopic (exact) mass is 223 g/mol. The second-order valence-corrected chi connectivity index (χ2v) is 2.86. The molecule has 1 aromatic rings. The van der Waals surface area contributed by atoms with Crippen LogP contribution in [0.3, 0.4) is 0 Å². The van der Waals surface area contributed by atoms with Gasteiger partial charge in [0.2, 0.25) is 0 Å². The molecule has 3 nitrogen and oxygen atoms in total. The number of methoxy groups -OCH3 is 1. The summed E-state index contributed by atoms with van der Waals surface area (Å²) in [6.07, 6.45) is -2.71. The maximum atomic E-state index is 12.5. The standard InChI is InChI=1S/C8H8ClF2NO2/c1-14-7-4(8(10)11)2-6(9)12-5(7)3-13/h2,8,13H,3H2,1H3. The van der Waals surface area contributed by atoms with Crippen molar-refractivity contribution in [2.75, 3.05) is 7.11 Å². The third kappa shape index (κ3) is 2.10. The number of pyridine rings is 1. The van der Waals surface area contributed by atoms with E-state index in [0.717, 1.165) is 6.07 Å². The Morgan fingerprint density at radius 3 is 2.71 bits per heavy atom. The highest BCUT2D eigenvalue weighted by molar-refractivity contribution is 6.29. The van der Waals surface area contributed by atoms with E-state index in [0.29, 0.717) is 0 Å². The van der Waals surface area contributed by atoms with E-state index in [2.05, 4.69) is 4.98 Å². The number of rotatable bonds is 3. The van der Waals surface area contributed by atoms with Gasteiger partial charge >= 0.3 is 0 Å². The molecule has 1 rings (SSSR count). The van der Waals surface area contributed by atoms with E-state index in [4.69, 9.17) is 21.4 Å². The Morgan fingerprint density at radius 2 is 2.29 bits per heavy atom. The SMILES string of the molecule is COc1c(C(F)F)cc(Cl)nc1CO. The first-order valence-electron chi connectivity index (χ1n) is 3.72. The van der Waals surface area contributed by atoms with E-state index in [1.54, 1.807) is 0 Å². The van der Waals surface area contributed by atoms with E-state index in [1.165, 1.54) is 7.11 Å². The van der Waals surface area contributed by atoms with E-state index >= 15 is 0 Å². The normalized spacial score (nSPS) is 10.7. The van der Waals surface area contributed by atoms with Crippen molar-refractivity contribution in [1.82, 2.24) is 4.98 Å². The first-order valence-corrected chi connectivity index (χ1v) is 4.10. The highest BCUT2D eigenvalue weighted by Crippen LogP contribution is 2.32. The molecule has 0 radical (unpaired) electrons.